The van der Waals surface area contributed by atoms with Gasteiger partial charge in [0.15, 0.2) is 5.13 Å². The second-order valence-electron chi connectivity index (χ2n) is 3.57. The van der Waals surface area contributed by atoms with Crippen LogP contribution in [0.3, 0.4) is 0 Å². The lowest BCUT2D eigenvalue weighted by Gasteiger charge is -2.03. The van der Waals surface area contributed by atoms with Gasteiger partial charge in [-0.05, 0) is 31.2 Å². The van der Waals surface area contributed by atoms with Crippen LogP contribution in [0.25, 0.3) is 0 Å². The van der Waals surface area contributed by atoms with E-state index >= 15 is 0 Å². The van der Waals surface area contributed by atoms with E-state index in [2.05, 4.69) is 10.3 Å². The topological polar surface area (TPSA) is 51.2 Å². The van der Waals surface area contributed by atoms with Gasteiger partial charge in [0, 0.05) is 18.0 Å². The Morgan fingerprint density at radius 1 is 1.39 bits per heavy atom. The molecule has 94 valence electrons. The van der Waals surface area contributed by atoms with E-state index in [9.17, 15) is 4.79 Å². The van der Waals surface area contributed by atoms with E-state index in [1.54, 1.807) is 36.7 Å². The maximum atomic E-state index is 12.1. The Balaban J connectivity index is 2.17. The van der Waals surface area contributed by atoms with Crippen LogP contribution in [0, 0.1) is 0 Å². The minimum absolute atomic E-state index is 0.0733. The number of ether oxygens (including phenoxy) is 1. The van der Waals surface area contributed by atoms with E-state index in [0.29, 0.717) is 17.9 Å². The highest BCUT2D eigenvalue weighted by Crippen LogP contribution is 2.19. The average Bonchev–Trinajstić information content (AvgIpc) is 2.88. The predicted molar refractivity (Wildman–Crippen MR) is 72.7 cm³/mol. The van der Waals surface area contributed by atoms with Crippen LogP contribution >= 0.6 is 11.3 Å². The Kier molecular flexibility index (Phi) is 3.94. The first kappa shape index (κ1) is 12.6. The standard InChI is InChI=1S/C13H14N2O2S/c1-3-17-10-6-4-9(5-7-10)12(16)11-8-18-13(14-2)15-11/h4-8H,3H2,1-2H3,(H,14,15). The van der Waals surface area contributed by atoms with Crippen molar-refractivity contribution in [2.24, 2.45) is 0 Å². The Morgan fingerprint density at radius 3 is 2.67 bits per heavy atom. The molecular weight excluding hydrogens is 248 g/mol. The fourth-order valence-electron chi connectivity index (χ4n) is 1.51. The predicted octanol–water partition coefficient (Wildman–Crippen LogP) is 2.81. The summed E-state index contributed by atoms with van der Waals surface area (Å²) in [6.07, 6.45) is 0. The number of hydrogen-bond donors (Lipinski definition) is 1. The molecule has 0 aliphatic heterocycles. The molecule has 18 heavy (non-hydrogen) atoms. The summed E-state index contributed by atoms with van der Waals surface area (Å²) in [5.41, 5.74) is 1.08. The van der Waals surface area contributed by atoms with Crippen molar-refractivity contribution in [2.45, 2.75) is 6.92 Å². The summed E-state index contributed by atoms with van der Waals surface area (Å²) in [6, 6.07) is 7.10. The molecule has 2 rings (SSSR count). The van der Waals surface area contributed by atoms with Crippen molar-refractivity contribution in [1.82, 2.24) is 4.98 Å². The van der Waals surface area contributed by atoms with Crippen molar-refractivity contribution >= 4 is 22.3 Å². The molecule has 0 saturated carbocycles. The number of aromatic nitrogens is 1. The van der Waals surface area contributed by atoms with Gasteiger partial charge in [0.2, 0.25) is 5.78 Å². The van der Waals surface area contributed by atoms with Gasteiger partial charge in [-0.25, -0.2) is 4.98 Å². The molecule has 5 heteroatoms. The Labute approximate surface area is 110 Å². The van der Waals surface area contributed by atoms with Crippen LogP contribution < -0.4 is 10.1 Å². The lowest BCUT2D eigenvalue weighted by Crippen LogP contribution is -2.02. The van der Waals surface area contributed by atoms with Crippen LogP contribution in [0.2, 0.25) is 0 Å². The zero-order valence-corrected chi connectivity index (χ0v) is 11.1. The molecule has 0 atom stereocenters. The molecule has 1 heterocycles. The molecule has 1 aromatic carbocycles. The molecule has 2 aromatic rings. The number of anilines is 1. The summed E-state index contributed by atoms with van der Waals surface area (Å²) >= 11 is 1.42. The van der Waals surface area contributed by atoms with E-state index in [1.807, 2.05) is 6.92 Å². The molecule has 0 amide bonds. The highest BCUT2D eigenvalue weighted by molar-refractivity contribution is 7.13. The third-order valence-electron chi connectivity index (χ3n) is 2.38. The molecule has 0 fully saturated rings. The Bertz CT molecular complexity index is 534. The number of carbonyl (C=O) groups excluding carboxylic acids is 1. The summed E-state index contributed by atoms with van der Waals surface area (Å²) in [4.78, 5) is 16.3. The van der Waals surface area contributed by atoms with Gasteiger partial charge >= 0.3 is 0 Å². The molecule has 0 aliphatic rings. The van der Waals surface area contributed by atoms with E-state index < -0.39 is 0 Å². The highest BCUT2D eigenvalue weighted by Gasteiger charge is 2.12. The largest absolute Gasteiger partial charge is 0.494 e. The zero-order valence-electron chi connectivity index (χ0n) is 10.3. The molecule has 0 radical (unpaired) electrons. The highest BCUT2D eigenvalue weighted by atomic mass is 32.1. The van der Waals surface area contributed by atoms with Gasteiger partial charge in [0.25, 0.3) is 0 Å². The summed E-state index contributed by atoms with van der Waals surface area (Å²) in [7, 11) is 1.78. The van der Waals surface area contributed by atoms with Crippen LogP contribution in [-0.4, -0.2) is 24.4 Å². The van der Waals surface area contributed by atoms with Crippen LogP contribution in [0.1, 0.15) is 23.0 Å². The average molecular weight is 262 g/mol. The molecule has 0 saturated heterocycles. The van der Waals surface area contributed by atoms with Crippen molar-refractivity contribution < 1.29 is 9.53 Å². The molecule has 0 spiro atoms. The third-order valence-corrected chi connectivity index (χ3v) is 3.24. The van der Waals surface area contributed by atoms with Crippen molar-refractivity contribution in [3.63, 3.8) is 0 Å². The second-order valence-corrected chi connectivity index (χ2v) is 4.43. The SMILES string of the molecule is CCOc1ccc(C(=O)c2csc(NC)n2)cc1. The molecule has 0 bridgehead atoms. The first-order chi connectivity index (χ1) is 8.74. The number of benzene rings is 1. The van der Waals surface area contributed by atoms with Gasteiger partial charge in [0.1, 0.15) is 11.4 Å². The number of nitrogens with zero attached hydrogens (tertiary/aromatic N) is 1. The molecule has 4 nitrogen and oxygen atoms in total. The number of carbonyl (C=O) groups is 1. The Hall–Kier alpha value is -1.88. The monoisotopic (exact) mass is 262 g/mol. The maximum Gasteiger partial charge on any atom is 0.212 e. The van der Waals surface area contributed by atoms with E-state index in [0.717, 1.165) is 10.9 Å². The minimum Gasteiger partial charge on any atom is -0.494 e. The fourth-order valence-corrected chi connectivity index (χ4v) is 2.16. The first-order valence-electron chi connectivity index (χ1n) is 5.65. The number of nitrogens with one attached hydrogen (secondary N) is 1. The maximum absolute atomic E-state index is 12.1. The van der Waals surface area contributed by atoms with Gasteiger partial charge in [-0.15, -0.1) is 11.3 Å². The zero-order chi connectivity index (χ0) is 13.0. The molecule has 0 aliphatic carbocycles. The normalized spacial score (nSPS) is 10.1. The first-order valence-corrected chi connectivity index (χ1v) is 6.53. The summed E-state index contributed by atoms with van der Waals surface area (Å²) < 4.78 is 5.33. The van der Waals surface area contributed by atoms with Crippen LogP contribution in [0.5, 0.6) is 5.75 Å². The third kappa shape index (κ3) is 2.68. The molecule has 1 N–H and O–H groups in total. The lowest BCUT2D eigenvalue weighted by molar-refractivity contribution is 0.103. The van der Waals surface area contributed by atoms with Gasteiger partial charge in [-0.2, -0.15) is 0 Å². The molecule has 1 aromatic heterocycles. The summed E-state index contributed by atoms with van der Waals surface area (Å²) in [5, 5.41) is 5.41. The minimum atomic E-state index is -0.0733. The van der Waals surface area contributed by atoms with Crippen LogP contribution in [0.15, 0.2) is 29.6 Å². The van der Waals surface area contributed by atoms with E-state index in [-0.39, 0.29) is 5.78 Å². The van der Waals surface area contributed by atoms with Gasteiger partial charge in [0.05, 0.1) is 6.61 Å². The van der Waals surface area contributed by atoms with Crippen LogP contribution in [-0.2, 0) is 0 Å². The van der Waals surface area contributed by atoms with Crippen molar-refractivity contribution in [1.29, 1.82) is 0 Å². The van der Waals surface area contributed by atoms with E-state index in [4.69, 9.17) is 4.74 Å². The fraction of sp³-hybridized carbons (Fsp3) is 0.231. The summed E-state index contributed by atoms with van der Waals surface area (Å²) in [5.74, 6) is 0.694. The van der Waals surface area contributed by atoms with Crippen molar-refractivity contribution in [3.05, 3.63) is 40.9 Å². The quantitative estimate of drug-likeness (QED) is 0.842. The Morgan fingerprint density at radius 2 is 2.11 bits per heavy atom. The molecule has 0 unspecified atom stereocenters. The van der Waals surface area contributed by atoms with Crippen molar-refractivity contribution in [3.8, 4) is 5.75 Å². The number of ketones is 1. The van der Waals surface area contributed by atoms with Crippen molar-refractivity contribution in [2.75, 3.05) is 19.0 Å². The van der Waals surface area contributed by atoms with Gasteiger partial charge < -0.3 is 10.1 Å². The molecular formula is C13H14N2O2S. The smallest absolute Gasteiger partial charge is 0.212 e. The van der Waals surface area contributed by atoms with Crippen LogP contribution in [0.4, 0.5) is 5.13 Å². The number of thiazole rings is 1. The van der Waals surface area contributed by atoms with Gasteiger partial charge in [-0.1, -0.05) is 0 Å². The summed E-state index contributed by atoms with van der Waals surface area (Å²) in [6.45, 7) is 2.54. The van der Waals surface area contributed by atoms with E-state index in [1.165, 1.54) is 11.3 Å². The number of rotatable bonds is 5. The lowest BCUT2D eigenvalue weighted by atomic mass is 10.1. The second kappa shape index (κ2) is 5.64. The van der Waals surface area contributed by atoms with Gasteiger partial charge in [-0.3, -0.25) is 4.79 Å². The number of hydrogen-bond acceptors (Lipinski definition) is 5.